The standard InChI is InChI=1S/C25H32N4O4S/c1-4-27-13-15-28(16-14-27)22-12-11-20(34(31,32)29(5-2)6-3)18-21(22)26-25(30)24-17-19-9-7-8-10-23(19)33-24/h7-12,17-18H,4-6,13-16H2,1-3H3,(H,26,30). The topological polar surface area (TPSA) is 86.1 Å². The van der Waals surface area contributed by atoms with Gasteiger partial charge in [-0.25, -0.2) is 8.42 Å². The molecule has 3 aromatic rings. The van der Waals surface area contributed by atoms with Crippen molar-refractivity contribution in [3.8, 4) is 0 Å². The van der Waals surface area contributed by atoms with Crippen LogP contribution in [0, 0.1) is 0 Å². The van der Waals surface area contributed by atoms with Gasteiger partial charge in [0.1, 0.15) is 5.58 Å². The molecule has 0 radical (unpaired) electrons. The Bertz CT molecular complexity index is 1230. The molecule has 0 atom stereocenters. The second-order valence-electron chi connectivity index (χ2n) is 8.29. The molecule has 1 saturated heterocycles. The quantitative estimate of drug-likeness (QED) is 0.523. The number of carbonyl (C=O) groups is 1. The monoisotopic (exact) mass is 484 g/mol. The molecule has 4 rings (SSSR count). The predicted molar refractivity (Wildman–Crippen MR) is 135 cm³/mol. The molecule has 2 heterocycles. The highest BCUT2D eigenvalue weighted by atomic mass is 32.2. The third kappa shape index (κ3) is 4.82. The third-order valence-corrected chi connectivity index (χ3v) is 8.41. The Kier molecular flexibility index (Phi) is 7.25. The second kappa shape index (κ2) is 10.2. The average Bonchev–Trinajstić information content (AvgIpc) is 3.29. The van der Waals surface area contributed by atoms with Gasteiger partial charge in [-0.2, -0.15) is 4.31 Å². The molecular formula is C25H32N4O4S. The number of furan rings is 1. The molecule has 9 heteroatoms. The fourth-order valence-corrected chi connectivity index (χ4v) is 5.83. The lowest BCUT2D eigenvalue weighted by atomic mass is 10.2. The number of piperazine rings is 1. The van der Waals surface area contributed by atoms with Crippen molar-refractivity contribution >= 4 is 38.3 Å². The lowest BCUT2D eigenvalue weighted by Gasteiger charge is -2.36. The summed E-state index contributed by atoms with van der Waals surface area (Å²) in [4.78, 5) is 17.8. The van der Waals surface area contributed by atoms with E-state index in [1.54, 1.807) is 24.3 Å². The molecule has 1 aliphatic heterocycles. The van der Waals surface area contributed by atoms with E-state index in [0.29, 0.717) is 24.4 Å². The van der Waals surface area contributed by atoms with Crippen LogP contribution in [0.15, 0.2) is 57.8 Å². The number of fused-ring (bicyclic) bond motifs is 1. The molecule has 1 aromatic heterocycles. The Hall–Kier alpha value is -2.88. The first kappa shape index (κ1) is 24.3. The first-order chi connectivity index (χ1) is 16.4. The van der Waals surface area contributed by atoms with Crippen LogP contribution in [0.3, 0.4) is 0 Å². The van der Waals surface area contributed by atoms with Gasteiger partial charge >= 0.3 is 0 Å². The summed E-state index contributed by atoms with van der Waals surface area (Å²) in [6.45, 7) is 10.9. The zero-order chi connectivity index (χ0) is 24.3. The van der Waals surface area contributed by atoms with Crippen molar-refractivity contribution in [2.45, 2.75) is 25.7 Å². The van der Waals surface area contributed by atoms with Crippen molar-refractivity contribution in [3.05, 3.63) is 54.3 Å². The number of sulfonamides is 1. The van der Waals surface area contributed by atoms with E-state index in [-0.39, 0.29) is 10.7 Å². The molecule has 1 N–H and O–H groups in total. The summed E-state index contributed by atoms with van der Waals surface area (Å²) in [5.74, 6) is -0.234. The molecule has 1 aliphatic rings. The number of hydrogen-bond donors (Lipinski definition) is 1. The van der Waals surface area contributed by atoms with E-state index in [1.807, 2.05) is 38.1 Å². The zero-order valence-corrected chi connectivity index (χ0v) is 20.8. The Morgan fingerprint density at radius 2 is 1.71 bits per heavy atom. The van der Waals surface area contributed by atoms with Gasteiger partial charge < -0.3 is 19.5 Å². The van der Waals surface area contributed by atoms with Crippen LogP contribution in [0.25, 0.3) is 11.0 Å². The maximum Gasteiger partial charge on any atom is 0.291 e. The molecule has 1 fully saturated rings. The highest BCUT2D eigenvalue weighted by molar-refractivity contribution is 7.89. The minimum Gasteiger partial charge on any atom is -0.451 e. The van der Waals surface area contributed by atoms with Gasteiger partial charge in [0.25, 0.3) is 5.91 Å². The predicted octanol–water partition coefficient (Wildman–Crippen LogP) is 3.86. The lowest BCUT2D eigenvalue weighted by molar-refractivity contribution is 0.0998. The van der Waals surface area contributed by atoms with Gasteiger partial charge in [-0.15, -0.1) is 0 Å². The normalized spacial score (nSPS) is 15.2. The smallest absolute Gasteiger partial charge is 0.291 e. The minimum atomic E-state index is -3.67. The van der Waals surface area contributed by atoms with Crippen LogP contribution in [0.1, 0.15) is 31.3 Å². The number of nitrogens with one attached hydrogen (secondary N) is 1. The molecule has 8 nitrogen and oxygen atoms in total. The molecule has 0 spiro atoms. The van der Waals surface area contributed by atoms with Crippen molar-refractivity contribution < 1.29 is 17.6 Å². The van der Waals surface area contributed by atoms with Gasteiger partial charge in [0.15, 0.2) is 5.76 Å². The van der Waals surface area contributed by atoms with Gasteiger partial charge in [0.2, 0.25) is 10.0 Å². The number of nitrogens with zero attached hydrogens (tertiary/aromatic N) is 3. The maximum absolute atomic E-state index is 13.2. The summed E-state index contributed by atoms with van der Waals surface area (Å²) >= 11 is 0. The molecular weight excluding hydrogens is 452 g/mol. The summed E-state index contributed by atoms with van der Waals surface area (Å²) in [6.07, 6.45) is 0. The van der Waals surface area contributed by atoms with Crippen molar-refractivity contribution in [2.24, 2.45) is 0 Å². The van der Waals surface area contributed by atoms with E-state index < -0.39 is 15.9 Å². The van der Waals surface area contributed by atoms with Gasteiger partial charge in [0, 0.05) is 44.7 Å². The molecule has 0 aliphatic carbocycles. The molecule has 0 unspecified atom stereocenters. The van der Waals surface area contributed by atoms with E-state index in [1.165, 1.54) is 4.31 Å². The molecule has 1 amide bonds. The zero-order valence-electron chi connectivity index (χ0n) is 20.0. The Morgan fingerprint density at radius 1 is 1.00 bits per heavy atom. The van der Waals surface area contributed by atoms with E-state index in [4.69, 9.17) is 4.42 Å². The Labute approximate surface area is 201 Å². The van der Waals surface area contributed by atoms with Crippen LogP contribution < -0.4 is 10.2 Å². The number of rotatable bonds is 8. The minimum absolute atomic E-state index is 0.159. The first-order valence-corrected chi connectivity index (χ1v) is 13.2. The van der Waals surface area contributed by atoms with Crippen molar-refractivity contribution in [2.75, 3.05) is 56.0 Å². The number of anilines is 2. The first-order valence-electron chi connectivity index (χ1n) is 11.8. The Balaban J connectivity index is 1.69. The molecule has 0 bridgehead atoms. The number of benzene rings is 2. The third-order valence-electron chi connectivity index (χ3n) is 6.37. The second-order valence-corrected chi connectivity index (χ2v) is 10.2. The number of amides is 1. The van der Waals surface area contributed by atoms with E-state index in [0.717, 1.165) is 43.8 Å². The van der Waals surface area contributed by atoms with Crippen molar-refractivity contribution in [1.29, 1.82) is 0 Å². The van der Waals surface area contributed by atoms with Crippen LogP contribution in [0.5, 0.6) is 0 Å². The fourth-order valence-electron chi connectivity index (χ4n) is 4.35. The SMILES string of the molecule is CCN1CCN(c2ccc(S(=O)(=O)N(CC)CC)cc2NC(=O)c2cc3ccccc3o2)CC1. The van der Waals surface area contributed by atoms with Gasteiger partial charge in [-0.05, 0) is 36.9 Å². The van der Waals surface area contributed by atoms with E-state index in [9.17, 15) is 13.2 Å². The summed E-state index contributed by atoms with van der Waals surface area (Å²) in [5, 5.41) is 3.76. The lowest BCUT2D eigenvalue weighted by Crippen LogP contribution is -2.46. The average molecular weight is 485 g/mol. The van der Waals surface area contributed by atoms with Crippen molar-refractivity contribution in [3.63, 3.8) is 0 Å². The fraction of sp³-hybridized carbons (Fsp3) is 0.400. The summed E-state index contributed by atoms with van der Waals surface area (Å²) < 4.78 is 33.5. The highest BCUT2D eigenvalue weighted by Crippen LogP contribution is 2.32. The van der Waals surface area contributed by atoms with Gasteiger partial charge in [0.05, 0.1) is 16.3 Å². The molecule has 2 aromatic carbocycles. The molecule has 34 heavy (non-hydrogen) atoms. The van der Waals surface area contributed by atoms with Crippen LogP contribution in [-0.2, 0) is 10.0 Å². The highest BCUT2D eigenvalue weighted by Gasteiger charge is 2.26. The van der Waals surface area contributed by atoms with Gasteiger partial charge in [-0.1, -0.05) is 39.0 Å². The van der Waals surface area contributed by atoms with Crippen molar-refractivity contribution in [1.82, 2.24) is 9.21 Å². The number of hydrogen-bond acceptors (Lipinski definition) is 6. The Morgan fingerprint density at radius 3 is 2.35 bits per heavy atom. The summed E-state index contributed by atoms with van der Waals surface area (Å²) in [5.41, 5.74) is 1.89. The number of carbonyl (C=O) groups excluding carboxylic acids is 1. The largest absolute Gasteiger partial charge is 0.451 e. The van der Waals surface area contributed by atoms with E-state index in [2.05, 4.69) is 22.0 Å². The van der Waals surface area contributed by atoms with Crippen LogP contribution in [-0.4, -0.2) is 69.3 Å². The molecule has 182 valence electrons. The van der Waals surface area contributed by atoms with E-state index >= 15 is 0 Å². The van der Waals surface area contributed by atoms with Crippen LogP contribution >= 0.6 is 0 Å². The van der Waals surface area contributed by atoms with Crippen LogP contribution in [0.4, 0.5) is 11.4 Å². The number of likely N-dealkylation sites (N-methyl/N-ethyl adjacent to an activating group) is 1. The molecule has 0 saturated carbocycles. The van der Waals surface area contributed by atoms with Gasteiger partial charge in [-0.3, -0.25) is 4.79 Å². The summed E-state index contributed by atoms with van der Waals surface area (Å²) in [7, 11) is -3.67. The number of para-hydroxylation sites is 1. The maximum atomic E-state index is 13.2. The van der Waals surface area contributed by atoms with Crippen LogP contribution in [0.2, 0.25) is 0 Å². The summed E-state index contributed by atoms with van der Waals surface area (Å²) in [6, 6.07) is 14.1.